The van der Waals surface area contributed by atoms with Crippen molar-refractivity contribution in [1.29, 1.82) is 0 Å². The van der Waals surface area contributed by atoms with Gasteiger partial charge in [-0.2, -0.15) is 0 Å². The molecule has 8 heteroatoms. The molecule has 0 spiro atoms. The molecule has 1 aromatic heterocycles. The van der Waals surface area contributed by atoms with Crippen molar-refractivity contribution < 1.29 is 9.84 Å². The van der Waals surface area contributed by atoms with E-state index in [0.29, 0.717) is 6.54 Å². The van der Waals surface area contributed by atoms with E-state index in [9.17, 15) is 14.7 Å². The van der Waals surface area contributed by atoms with Crippen molar-refractivity contribution in [3.63, 3.8) is 0 Å². The van der Waals surface area contributed by atoms with Gasteiger partial charge in [-0.15, -0.1) is 0 Å². The Morgan fingerprint density at radius 2 is 2.10 bits per heavy atom. The van der Waals surface area contributed by atoms with Crippen LogP contribution in [0.2, 0.25) is 0 Å². The topological polar surface area (TPSA) is 122 Å². The van der Waals surface area contributed by atoms with Gasteiger partial charge in [0.2, 0.25) is 0 Å². The highest BCUT2D eigenvalue weighted by molar-refractivity contribution is 5.60. The average Bonchev–Trinajstić information content (AvgIpc) is 2.37. The Bertz CT molecular complexity index is 549. The number of nitrogens with one attached hydrogen (secondary N) is 2. The fourth-order valence-electron chi connectivity index (χ4n) is 1.82. The van der Waals surface area contributed by atoms with E-state index in [2.05, 4.69) is 10.3 Å². The first-order valence-corrected chi connectivity index (χ1v) is 6.39. The molecule has 1 heterocycles. The zero-order chi connectivity index (χ0) is 15.3. The first-order chi connectivity index (χ1) is 9.40. The molecule has 1 atom stereocenters. The Labute approximate surface area is 116 Å². The summed E-state index contributed by atoms with van der Waals surface area (Å²) in [7, 11) is 1.48. The number of nitrogens with zero attached hydrogens (tertiary/aromatic N) is 1. The zero-order valence-corrected chi connectivity index (χ0v) is 12.0. The highest BCUT2D eigenvalue weighted by Gasteiger charge is 2.16. The minimum absolute atomic E-state index is 0.0574. The van der Waals surface area contributed by atoms with Crippen molar-refractivity contribution in [3.8, 4) is 0 Å². The third-order valence-electron chi connectivity index (χ3n) is 2.72. The number of nitrogens with two attached hydrogens (primary N) is 1. The van der Waals surface area contributed by atoms with Crippen LogP contribution in [0.15, 0.2) is 9.59 Å². The van der Waals surface area contributed by atoms with Gasteiger partial charge >= 0.3 is 5.69 Å². The van der Waals surface area contributed by atoms with E-state index in [1.807, 2.05) is 13.8 Å². The summed E-state index contributed by atoms with van der Waals surface area (Å²) in [6, 6.07) is -0.478. The lowest BCUT2D eigenvalue weighted by atomic mass is 10.2. The molecule has 20 heavy (non-hydrogen) atoms. The van der Waals surface area contributed by atoms with Gasteiger partial charge in [0, 0.05) is 13.7 Å². The number of ether oxygens (including phenoxy) is 1. The van der Waals surface area contributed by atoms with Gasteiger partial charge in [0.15, 0.2) is 0 Å². The van der Waals surface area contributed by atoms with Gasteiger partial charge in [-0.3, -0.25) is 14.3 Å². The molecule has 0 fully saturated rings. The molecular formula is C12H22N4O4. The molecule has 0 bridgehead atoms. The SMILES string of the molecule is COCC(CO)Nc1c(N)n(CC(C)C)c(=O)[nH]c1=O. The monoisotopic (exact) mass is 286 g/mol. The molecule has 1 rings (SSSR count). The van der Waals surface area contributed by atoms with E-state index in [4.69, 9.17) is 10.5 Å². The fraction of sp³-hybridized carbons (Fsp3) is 0.667. The summed E-state index contributed by atoms with van der Waals surface area (Å²) in [5.41, 5.74) is 4.81. The van der Waals surface area contributed by atoms with E-state index in [1.54, 1.807) is 0 Å². The van der Waals surface area contributed by atoms with Gasteiger partial charge in [0.25, 0.3) is 5.56 Å². The van der Waals surface area contributed by atoms with Gasteiger partial charge in [0.1, 0.15) is 11.5 Å². The van der Waals surface area contributed by atoms with Crippen molar-refractivity contribution in [2.24, 2.45) is 5.92 Å². The Hall–Kier alpha value is -1.80. The highest BCUT2D eigenvalue weighted by Crippen LogP contribution is 2.13. The second-order valence-corrected chi connectivity index (χ2v) is 5.00. The molecular weight excluding hydrogens is 264 g/mol. The number of aromatic nitrogens is 2. The summed E-state index contributed by atoms with van der Waals surface area (Å²) in [4.78, 5) is 25.8. The Kier molecular flexibility index (Phi) is 5.78. The van der Waals surface area contributed by atoms with Crippen LogP contribution in [0.5, 0.6) is 0 Å². The molecule has 0 aromatic carbocycles. The van der Waals surface area contributed by atoms with Gasteiger partial charge in [-0.1, -0.05) is 13.8 Å². The fourth-order valence-corrected chi connectivity index (χ4v) is 1.82. The third kappa shape index (κ3) is 3.84. The van der Waals surface area contributed by atoms with E-state index >= 15 is 0 Å². The maximum absolute atomic E-state index is 11.8. The first-order valence-electron chi connectivity index (χ1n) is 6.39. The van der Waals surface area contributed by atoms with Crippen LogP contribution in [-0.4, -0.2) is 41.0 Å². The second kappa shape index (κ2) is 7.11. The largest absolute Gasteiger partial charge is 0.394 e. The first kappa shape index (κ1) is 16.3. The van der Waals surface area contributed by atoms with Gasteiger partial charge < -0.3 is 20.9 Å². The smallest absolute Gasteiger partial charge is 0.330 e. The predicted molar refractivity (Wildman–Crippen MR) is 76.9 cm³/mol. The zero-order valence-electron chi connectivity index (χ0n) is 12.0. The lowest BCUT2D eigenvalue weighted by Crippen LogP contribution is -2.38. The summed E-state index contributed by atoms with van der Waals surface area (Å²) in [5, 5.41) is 12.0. The van der Waals surface area contributed by atoms with Crippen molar-refractivity contribution in [2.75, 3.05) is 31.4 Å². The van der Waals surface area contributed by atoms with Gasteiger partial charge in [-0.05, 0) is 5.92 Å². The number of aliphatic hydroxyl groups is 1. The summed E-state index contributed by atoms with van der Waals surface area (Å²) in [5.74, 6) is 0.253. The number of hydrogen-bond donors (Lipinski definition) is 4. The lowest BCUT2D eigenvalue weighted by molar-refractivity contribution is 0.153. The van der Waals surface area contributed by atoms with Crippen LogP contribution in [0.4, 0.5) is 11.5 Å². The minimum atomic E-state index is -0.609. The molecule has 1 unspecified atom stereocenters. The molecule has 0 aliphatic rings. The molecule has 0 aliphatic heterocycles. The summed E-state index contributed by atoms with van der Waals surface area (Å²) >= 11 is 0. The molecule has 5 N–H and O–H groups in total. The van der Waals surface area contributed by atoms with Crippen LogP contribution in [0.25, 0.3) is 0 Å². The minimum Gasteiger partial charge on any atom is -0.394 e. The standard InChI is InChI=1S/C12H22N4O4/c1-7(2)4-16-10(13)9(11(18)15-12(16)19)14-8(5-17)6-20-3/h7-8,14,17H,4-6,13H2,1-3H3,(H,15,18,19). The number of methoxy groups -OCH3 is 1. The van der Waals surface area contributed by atoms with Crippen LogP contribution in [0, 0.1) is 5.92 Å². The number of H-pyrrole nitrogens is 1. The third-order valence-corrected chi connectivity index (χ3v) is 2.72. The Balaban J connectivity index is 3.19. The molecule has 0 amide bonds. The molecule has 114 valence electrons. The van der Waals surface area contributed by atoms with Crippen molar-refractivity contribution in [2.45, 2.75) is 26.4 Å². The Morgan fingerprint density at radius 1 is 1.45 bits per heavy atom. The molecule has 0 aliphatic carbocycles. The van der Waals surface area contributed by atoms with Crippen LogP contribution in [-0.2, 0) is 11.3 Å². The average molecular weight is 286 g/mol. The van der Waals surface area contributed by atoms with Crippen molar-refractivity contribution in [3.05, 3.63) is 20.8 Å². The lowest BCUT2D eigenvalue weighted by Gasteiger charge is -2.19. The number of rotatable bonds is 7. The number of aliphatic hydroxyl groups excluding tert-OH is 1. The molecule has 0 radical (unpaired) electrons. The maximum atomic E-state index is 11.8. The van der Waals surface area contributed by atoms with Crippen LogP contribution in [0.1, 0.15) is 13.8 Å². The molecule has 8 nitrogen and oxygen atoms in total. The molecule has 1 aromatic rings. The van der Waals surface area contributed by atoms with E-state index in [-0.39, 0.29) is 30.6 Å². The predicted octanol–water partition coefficient (Wildman–Crippen LogP) is -0.806. The normalized spacial score (nSPS) is 12.7. The van der Waals surface area contributed by atoms with Crippen LogP contribution >= 0.6 is 0 Å². The summed E-state index contributed by atoms with van der Waals surface area (Å²) in [6.07, 6.45) is 0. The van der Waals surface area contributed by atoms with Crippen LogP contribution < -0.4 is 22.3 Å². The number of nitrogen functional groups attached to an aromatic ring is 1. The van der Waals surface area contributed by atoms with Gasteiger partial charge in [-0.25, -0.2) is 4.79 Å². The molecule has 0 saturated heterocycles. The van der Waals surface area contributed by atoms with Crippen LogP contribution in [0.3, 0.4) is 0 Å². The quantitative estimate of drug-likeness (QED) is 0.520. The number of aromatic amines is 1. The van der Waals surface area contributed by atoms with Crippen molar-refractivity contribution >= 4 is 11.5 Å². The maximum Gasteiger partial charge on any atom is 0.330 e. The Morgan fingerprint density at radius 3 is 2.60 bits per heavy atom. The van der Waals surface area contributed by atoms with Crippen molar-refractivity contribution in [1.82, 2.24) is 9.55 Å². The molecule has 0 saturated carbocycles. The second-order valence-electron chi connectivity index (χ2n) is 5.00. The summed E-state index contributed by atoms with van der Waals surface area (Å²) < 4.78 is 6.22. The highest BCUT2D eigenvalue weighted by atomic mass is 16.5. The van der Waals surface area contributed by atoms with Gasteiger partial charge in [0.05, 0.1) is 19.3 Å². The van der Waals surface area contributed by atoms with E-state index in [1.165, 1.54) is 11.7 Å². The number of anilines is 2. The summed E-state index contributed by atoms with van der Waals surface area (Å²) in [6.45, 7) is 4.25. The van der Waals surface area contributed by atoms with E-state index < -0.39 is 17.3 Å². The van der Waals surface area contributed by atoms with E-state index in [0.717, 1.165) is 0 Å². The number of hydrogen-bond acceptors (Lipinski definition) is 6.